The molecule has 104 valence electrons. The summed E-state index contributed by atoms with van der Waals surface area (Å²) in [6.07, 6.45) is 4.18. The Kier molecular flexibility index (Phi) is 5.03. The smallest absolute Gasteiger partial charge is 0.326 e. The van der Waals surface area contributed by atoms with Gasteiger partial charge in [-0.1, -0.05) is 26.8 Å². The Hall–Kier alpha value is -1.91. The molecule has 1 aromatic heterocycles. The highest BCUT2D eigenvalue weighted by Crippen LogP contribution is 2.19. The SMILES string of the molecule is CC(C)(C)[C@@H](NC(=O)CCc1cccnc1)C(=O)O. The zero-order chi connectivity index (χ0) is 14.5. The van der Waals surface area contributed by atoms with Gasteiger partial charge in [-0.25, -0.2) is 4.79 Å². The summed E-state index contributed by atoms with van der Waals surface area (Å²) in [6, 6.07) is 2.81. The average Bonchev–Trinajstić information content (AvgIpc) is 2.33. The van der Waals surface area contributed by atoms with Crippen molar-refractivity contribution in [2.45, 2.75) is 39.7 Å². The maximum atomic E-state index is 11.8. The summed E-state index contributed by atoms with van der Waals surface area (Å²) in [6.45, 7) is 5.35. The quantitative estimate of drug-likeness (QED) is 0.847. The maximum absolute atomic E-state index is 11.8. The molecule has 2 N–H and O–H groups in total. The minimum absolute atomic E-state index is 0.256. The van der Waals surface area contributed by atoms with Crippen molar-refractivity contribution >= 4 is 11.9 Å². The number of nitrogens with zero attached hydrogens (tertiary/aromatic N) is 1. The summed E-state index contributed by atoms with van der Waals surface area (Å²) < 4.78 is 0. The van der Waals surface area contributed by atoms with Gasteiger partial charge < -0.3 is 10.4 Å². The van der Waals surface area contributed by atoms with Gasteiger partial charge in [0, 0.05) is 18.8 Å². The molecular weight excluding hydrogens is 244 g/mol. The van der Waals surface area contributed by atoms with Gasteiger partial charge in [-0.15, -0.1) is 0 Å². The third-order valence-electron chi connectivity index (χ3n) is 2.78. The molecule has 1 rings (SSSR count). The van der Waals surface area contributed by atoms with E-state index in [2.05, 4.69) is 10.3 Å². The number of amides is 1. The first-order chi connectivity index (χ1) is 8.80. The van der Waals surface area contributed by atoms with Crippen molar-refractivity contribution in [1.82, 2.24) is 10.3 Å². The predicted octanol–water partition coefficient (Wildman–Crippen LogP) is 1.63. The number of nitrogens with one attached hydrogen (secondary N) is 1. The third-order valence-corrected chi connectivity index (χ3v) is 2.78. The van der Waals surface area contributed by atoms with Gasteiger partial charge >= 0.3 is 5.97 Å². The van der Waals surface area contributed by atoms with E-state index in [-0.39, 0.29) is 12.3 Å². The number of hydrogen-bond donors (Lipinski definition) is 2. The Morgan fingerprint density at radius 2 is 2.11 bits per heavy atom. The minimum Gasteiger partial charge on any atom is -0.480 e. The molecule has 1 amide bonds. The first kappa shape index (κ1) is 15.1. The lowest BCUT2D eigenvalue weighted by molar-refractivity contribution is -0.144. The van der Waals surface area contributed by atoms with Crippen molar-refractivity contribution in [2.75, 3.05) is 0 Å². The van der Waals surface area contributed by atoms with Crippen LogP contribution >= 0.6 is 0 Å². The second-order valence-corrected chi connectivity index (χ2v) is 5.57. The van der Waals surface area contributed by atoms with E-state index in [1.54, 1.807) is 33.2 Å². The van der Waals surface area contributed by atoms with Crippen LogP contribution in [0.4, 0.5) is 0 Å². The van der Waals surface area contributed by atoms with Crippen LogP contribution in [0.15, 0.2) is 24.5 Å². The Balaban J connectivity index is 2.52. The van der Waals surface area contributed by atoms with Crippen LogP contribution in [-0.4, -0.2) is 28.0 Å². The molecule has 0 aromatic carbocycles. The van der Waals surface area contributed by atoms with Crippen LogP contribution in [0.1, 0.15) is 32.8 Å². The van der Waals surface area contributed by atoms with Crippen molar-refractivity contribution in [1.29, 1.82) is 0 Å². The van der Waals surface area contributed by atoms with E-state index in [1.807, 2.05) is 12.1 Å². The standard InChI is InChI=1S/C14H20N2O3/c1-14(2,3)12(13(18)19)16-11(17)7-6-10-5-4-8-15-9-10/h4-5,8-9,12H,6-7H2,1-3H3,(H,16,17)(H,18,19)/t12-/m0/s1. The molecule has 1 atom stereocenters. The van der Waals surface area contributed by atoms with Crippen LogP contribution in [0.5, 0.6) is 0 Å². The van der Waals surface area contributed by atoms with Crippen LogP contribution in [0.3, 0.4) is 0 Å². The summed E-state index contributed by atoms with van der Waals surface area (Å²) in [4.78, 5) is 26.9. The molecule has 1 heterocycles. The summed E-state index contributed by atoms with van der Waals surface area (Å²) in [5.41, 5.74) is 0.441. The lowest BCUT2D eigenvalue weighted by atomic mass is 9.86. The molecule has 0 saturated heterocycles. The molecule has 5 heteroatoms. The third kappa shape index (κ3) is 5.07. The molecule has 0 radical (unpaired) electrons. The van der Waals surface area contributed by atoms with Gasteiger partial charge in [0.15, 0.2) is 0 Å². The van der Waals surface area contributed by atoms with Crippen LogP contribution in [0, 0.1) is 5.41 Å². The molecular formula is C14H20N2O3. The second-order valence-electron chi connectivity index (χ2n) is 5.57. The van der Waals surface area contributed by atoms with E-state index in [0.29, 0.717) is 6.42 Å². The van der Waals surface area contributed by atoms with E-state index < -0.39 is 17.4 Å². The van der Waals surface area contributed by atoms with Crippen LogP contribution in [-0.2, 0) is 16.0 Å². The van der Waals surface area contributed by atoms with Crippen molar-refractivity contribution in [3.05, 3.63) is 30.1 Å². The Labute approximate surface area is 113 Å². The molecule has 0 saturated carbocycles. The molecule has 0 spiro atoms. The molecule has 5 nitrogen and oxygen atoms in total. The van der Waals surface area contributed by atoms with Crippen LogP contribution < -0.4 is 5.32 Å². The van der Waals surface area contributed by atoms with Crippen LogP contribution in [0.25, 0.3) is 0 Å². The zero-order valence-electron chi connectivity index (χ0n) is 11.5. The number of carbonyl (C=O) groups excluding carboxylic acids is 1. The Morgan fingerprint density at radius 3 is 2.58 bits per heavy atom. The fourth-order valence-electron chi connectivity index (χ4n) is 1.69. The molecule has 19 heavy (non-hydrogen) atoms. The maximum Gasteiger partial charge on any atom is 0.326 e. The predicted molar refractivity (Wildman–Crippen MR) is 71.6 cm³/mol. The summed E-state index contributed by atoms with van der Waals surface area (Å²) in [7, 11) is 0. The largest absolute Gasteiger partial charge is 0.480 e. The van der Waals surface area contributed by atoms with Crippen molar-refractivity contribution in [3.63, 3.8) is 0 Å². The fourth-order valence-corrected chi connectivity index (χ4v) is 1.69. The molecule has 0 aliphatic rings. The number of carbonyl (C=O) groups is 2. The number of pyridine rings is 1. The molecule has 0 bridgehead atoms. The summed E-state index contributed by atoms with van der Waals surface area (Å²) >= 11 is 0. The van der Waals surface area contributed by atoms with E-state index in [0.717, 1.165) is 5.56 Å². The van der Waals surface area contributed by atoms with Gasteiger partial charge in [0.1, 0.15) is 6.04 Å². The van der Waals surface area contributed by atoms with Crippen molar-refractivity contribution < 1.29 is 14.7 Å². The normalized spacial score (nSPS) is 12.8. The molecule has 0 aliphatic heterocycles. The highest BCUT2D eigenvalue weighted by atomic mass is 16.4. The summed E-state index contributed by atoms with van der Waals surface area (Å²) in [5.74, 6) is -1.27. The minimum atomic E-state index is -1.01. The Bertz CT molecular complexity index is 438. The Morgan fingerprint density at radius 1 is 1.42 bits per heavy atom. The number of aryl methyl sites for hydroxylation is 1. The highest BCUT2D eigenvalue weighted by molar-refractivity contribution is 5.84. The molecule has 0 fully saturated rings. The number of aliphatic carboxylic acids is 1. The van der Waals surface area contributed by atoms with Gasteiger partial charge in [-0.2, -0.15) is 0 Å². The summed E-state index contributed by atoms with van der Waals surface area (Å²) in [5, 5.41) is 11.7. The average molecular weight is 264 g/mol. The second kappa shape index (κ2) is 6.31. The van der Waals surface area contributed by atoms with Crippen molar-refractivity contribution in [2.24, 2.45) is 5.41 Å². The lowest BCUT2D eigenvalue weighted by Crippen LogP contribution is -2.49. The molecule has 0 aliphatic carbocycles. The van der Waals surface area contributed by atoms with E-state index >= 15 is 0 Å². The zero-order valence-corrected chi connectivity index (χ0v) is 11.5. The van der Waals surface area contributed by atoms with Crippen molar-refractivity contribution in [3.8, 4) is 0 Å². The topological polar surface area (TPSA) is 79.3 Å². The van der Waals surface area contributed by atoms with Gasteiger partial charge in [0.05, 0.1) is 0 Å². The first-order valence-corrected chi connectivity index (χ1v) is 6.22. The van der Waals surface area contributed by atoms with Gasteiger partial charge in [0.2, 0.25) is 5.91 Å². The first-order valence-electron chi connectivity index (χ1n) is 6.22. The molecule has 0 unspecified atom stereocenters. The number of aromatic nitrogens is 1. The van der Waals surface area contributed by atoms with E-state index in [1.165, 1.54) is 0 Å². The fraction of sp³-hybridized carbons (Fsp3) is 0.500. The van der Waals surface area contributed by atoms with Crippen LogP contribution in [0.2, 0.25) is 0 Å². The van der Waals surface area contributed by atoms with Gasteiger partial charge in [-0.3, -0.25) is 9.78 Å². The van der Waals surface area contributed by atoms with E-state index in [4.69, 9.17) is 5.11 Å². The number of carboxylic acid groups (broad SMARTS) is 1. The van der Waals surface area contributed by atoms with Gasteiger partial charge in [-0.05, 0) is 23.5 Å². The molecule has 1 aromatic rings. The lowest BCUT2D eigenvalue weighted by Gasteiger charge is -2.27. The van der Waals surface area contributed by atoms with Gasteiger partial charge in [0.25, 0.3) is 0 Å². The number of hydrogen-bond acceptors (Lipinski definition) is 3. The van der Waals surface area contributed by atoms with E-state index in [9.17, 15) is 9.59 Å². The number of rotatable bonds is 5. The highest BCUT2D eigenvalue weighted by Gasteiger charge is 2.32. The number of carboxylic acids is 1. The monoisotopic (exact) mass is 264 g/mol.